The molecule has 248 valence electrons. The van der Waals surface area contributed by atoms with Crippen molar-refractivity contribution in [3.8, 4) is 5.75 Å². The average molecular weight is 698 g/mol. The maximum Gasteiger partial charge on any atom is 0.303 e. The maximum atomic E-state index is 13.0. The Morgan fingerprint density at radius 3 is 2.26 bits per heavy atom. The molecule has 1 atom stereocenters. The van der Waals surface area contributed by atoms with Crippen molar-refractivity contribution in [1.82, 2.24) is 4.72 Å². The van der Waals surface area contributed by atoms with E-state index in [9.17, 15) is 26.7 Å². The Bertz CT molecular complexity index is 1930. The van der Waals surface area contributed by atoms with Crippen LogP contribution in [0, 0.1) is 6.92 Å². The molecule has 0 aliphatic heterocycles. The molecule has 9 nitrogen and oxygen atoms in total. The molecule has 12 heteroatoms. The first-order valence-corrected chi connectivity index (χ1v) is 18.5. The summed E-state index contributed by atoms with van der Waals surface area (Å²) in [6.07, 6.45) is 2.42. The van der Waals surface area contributed by atoms with Crippen molar-refractivity contribution in [3.05, 3.63) is 123 Å². The molecule has 0 heterocycles. The topological polar surface area (TPSA) is 136 Å². The van der Waals surface area contributed by atoms with E-state index in [0.717, 1.165) is 33.4 Å². The van der Waals surface area contributed by atoms with E-state index < -0.39 is 26.1 Å². The molecule has 0 saturated carbocycles. The molecule has 4 aromatic carbocycles. The monoisotopic (exact) mass is 697 g/mol. The van der Waals surface area contributed by atoms with Gasteiger partial charge in [0.1, 0.15) is 12.4 Å². The van der Waals surface area contributed by atoms with Crippen LogP contribution in [0.5, 0.6) is 5.75 Å². The molecule has 1 aliphatic rings. The van der Waals surface area contributed by atoms with E-state index in [1.807, 2.05) is 31.2 Å². The van der Waals surface area contributed by atoms with Crippen LogP contribution in [0.2, 0.25) is 5.02 Å². The van der Waals surface area contributed by atoms with Crippen molar-refractivity contribution >= 4 is 37.7 Å². The lowest BCUT2D eigenvalue weighted by molar-refractivity contribution is -0.136. The number of rotatable bonds is 14. The molecule has 5 rings (SSSR count). The van der Waals surface area contributed by atoms with Crippen molar-refractivity contribution in [2.45, 2.75) is 67.9 Å². The Labute approximate surface area is 280 Å². The van der Waals surface area contributed by atoms with Gasteiger partial charge in [0, 0.05) is 17.5 Å². The molecule has 0 radical (unpaired) electrons. The summed E-state index contributed by atoms with van der Waals surface area (Å²) in [6.45, 7) is 2.11. The predicted octanol–water partition coefficient (Wildman–Crippen LogP) is 6.03. The number of sulfonamides is 1. The molecule has 47 heavy (non-hydrogen) atoms. The van der Waals surface area contributed by atoms with E-state index in [-0.39, 0.29) is 35.5 Å². The summed E-state index contributed by atoms with van der Waals surface area (Å²) in [5, 5.41) is 9.78. The highest BCUT2D eigenvalue weighted by Crippen LogP contribution is 2.29. The Morgan fingerprint density at radius 1 is 0.894 bits per heavy atom. The number of carboxylic acid groups (broad SMARTS) is 1. The largest absolute Gasteiger partial charge is 0.489 e. The quantitative estimate of drug-likeness (QED) is 0.153. The number of halogens is 1. The fourth-order valence-electron chi connectivity index (χ4n) is 5.57. The second kappa shape index (κ2) is 15.0. The number of aliphatic carboxylic acids is 1. The first-order chi connectivity index (χ1) is 22.4. The average Bonchev–Trinajstić information content (AvgIpc) is 3.03. The van der Waals surface area contributed by atoms with Crippen LogP contribution in [-0.4, -0.2) is 40.6 Å². The van der Waals surface area contributed by atoms with Gasteiger partial charge in [0.25, 0.3) is 10.1 Å². The van der Waals surface area contributed by atoms with Crippen LogP contribution in [-0.2, 0) is 61.4 Å². The lowest BCUT2D eigenvalue weighted by atomic mass is 9.83. The summed E-state index contributed by atoms with van der Waals surface area (Å²) in [6, 6.07) is 23.5. The number of ether oxygens (including phenoxy) is 1. The summed E-state index contributed by atoms with van der Waals surface area (Å²) in [5.41, 5.74) is 5.66. The zero-order chi connectivity index (χ0) is 33.6. The minimum atomic E-state index is -3.84. The molecule has 0 bridgehead atoms. The van der Waals surface area contributed by atoms with E-state index >= 15 is 0 Å². The van der Waals surface area contributed by atoms with E-state index in [4.69, 9.17) is 20.5 Å². The standard InChI is InChI=1S/C35H36ClNO8S2/c1-24-2-12-33(13-3-24)47(42,43)45-19-18-25-4-10-31(11-5-25)44-23-26-20-27(6-17-35(38)39)34-16-9-30(22-28(34)21-26)37-46(40,41)32-14-7-29(36)8-15-32/h2-5,7-8,10-15,20-21,30,37H,6,9,16-19,22-23H2,1H3,(H,38,39). The molecule has 0 fully saturated rings. The van der Waals surface area contributed by atoms with Crippen LogP contribution in [0.3, 0.4) is 0 Å². The van der Waals surface area contributed by atoms with E-state index in [1.165, 1.54) is 36.4 Å². The van der Waals surface area contributed by atoms with Gasteiger partial charge in [-0.25, -0.2) is 13.1 Å². The molecular formula is C35H36ClNO8S2. The summed E-state index contributed by atoms with van der Waals surface area (Å²) in [4.78, 5) is 11.6. The second-order valence-corrected chi connectivity index (χ2v) is 15.3. The molecule has 0 spiro atoms. The van der Waals surface area contributed by atoms with Crippen molar-refractivity contribution < 1.29 is 35.7 Å². The Balaban J connectivity index is 1.22. The highest BCUT2D eigenvalue weighted by molar-refractivity contribution is 7.89. The SMILES string of the molecule is Cc1ccc(S(=O)(=O)OCCc2ccc(OCc3cc(CCC(=O)O)c4c(c3)CC(NS(=O)(=O)c3ccc(Cl)cc3)CC4)cc2)cc1. The molecular weight excluding hydrogens is 662 g/mol. The number of hydrogen-bond acceptors (Lipinski definition) is 7. The summed E-state index contributed by atoms with van der Waals surface area (Å²) in [5.74, 6) is -0.275. The van der Waals surface area contributed by atoms with Gasteiger partial charge >= 0.3 is 5.97 Å². The second-order valence-electron chi connectivity index (χ2n) is 11.6. The normalized spacial score (nSPS) is 14.8. The van der Waals surface area contributed by atoms with Crippen molar-refractivity contribution in [3.63, 3.8) is 0 Å². The fraction of sp³-hybridized carbons (Fsp3) is 0.286. The van der Waals surface area contributed by atoms with Crippen LogP contribution in [0.4, 0.5) is 0 Å². The number of carboxylic acids is 1. The van der Waals surface area contributed by atoms with Gasteiger partial charge in [-0.05, 0) is 115 Å². The number of nitrogens with one attached hydrogen (secondary N) is 1. The summed E-state index contributed by atoms with van der Waals surface area (Å²) >= 11 is 5.92. The molecule has 4 aromatic rings. The van der Waals surface area contributed by atoms with Crippen molar-refractivity contribution in [1.29, 1.82) is 0 Å². The van der Waals surface area contributed by atoms with Gasteiger partial charge in [0.2, 0.25) is 10.0 Å². The molecule has 2 N–H and O–H groups in total. The molecule has 1 unspecified atom stereocenters. The maximum absolute atomic E-state index is 13.0. The zero-order valence-electron chi connectivity index (χ0n) is 25.8. The van der Waals surface area contributed by atoms with Gasteiger partial charge in [-0.15, -0.1) is 0 Å². The van der Waals surface area contributed by atoms with E-state index in [2.05, 4.69) is 4.72 Å². The predicted molar refractivity (Wildman–Crippen MR) is 179 cm³/mol. The summed E-state index contributed by atoms with van der Waals surface area (Å²) < 4.78 is 65.0. The van der Waals surface area contributed by atoms with Crippen LogP contribution in [0.1, 0.15) is 46.2 Å². The van der Waals surface area contributed by atoms with E-state index in [0.29, 0.717) is 42.9 Å². The number of benzene rings is 4. The van der Waals surface area contributed by atoms with Crippen LogP contribution in [0.25, 0.3) is 0 Å². The van der Waals surface area contributed by atoms with Gasteiger partial charge in [-0.1, -0.05) is 53.6 Å². The Kier molecular flexibility index (Phi) is 11.0. The third kappa shape index (κ3) is 9.42. The number of carbonyl (C=O) groups is 1. The minimum Gasteiger partial charge on any atom is -0.489 e. The number of fused-ring (bicyclic) bond motifs is 1. The first-order valence-electron chi connectivity index (χ1n) is 15.2. The van der Waals surface area contributed by atoms with Crippen LogP contribution >= 0.6 is 11.6 Å². The first kappa shape index (κ1) is 34.6. The molecule has 0 amide bonds. The lowest BCUT2D eigenvalue weighted by Crippen LogP contribution is -2.39. The van der Waals surface area contributed by atoms with Gasteiger partial charge in [0.05, 0.1) is 16.4 Å². The highest BCUT2D eigenvalue weighted by atomic mass is 35.5. The fourth-order valence-corrected chi connectivity index (χ4v) is 7.87. The lowest BCUT2D eigenvalue weighted by Gasteiger charge is -2.28. The number of hydrogen-bond donors (Lipinski definition) is 2. The van der Waals surface area contributed by atoms with Crippen molar-refractivity contribution in [2.75, 3.05) is 6.61 Å². The third-order valence-electron chi connectivity index (χ3n) is 8.03. The molecule has 0 aromatic heterocycles. The Hall–Kier alpha value is -3.74. The molecule has 1 aliphatic carbocycles. The van der Waals surface area contributed by atoms with Gasteiger partial charge < -0.3 is 9.84 Å². The van der Waals surface area contributed by atoms with E-state index in [1.54, 1.807) is 24.3 Å². The van der Waals surface area contributed by atoms with Crippen molar-refractivity contribution in [2.24, 2.45) is 0 Å². The Morgan fingerprint density at radius 2 is 1.57 bits per heavy atom. The minimum absolute atomic E-state index is 0.00150. The highest BCUT2D eigenvalue weighted by Gasteiger charge is 2.26. The smallest absolute Gasteiger partial charge is 0.303 e. The summed E-state index contributed by atoms with van der Waals surface area (Å²) in [7, 11) is -7.58. The van der Waals surface area contributed by atoms with Gasteiger partial charge in [-0.2, -0.15) is 8.42 Å². The third-order valence-corrected chi connectivity index (χ3v) is 11.1. The number of aryl methyl sites for hydroxylation is 2. The molecule has 0 saturated heterocycles. The van der Waals surface area contributed by atoms with Gasteiger partial charge in [-0.3, -0.25) is 8.98 Å². The van der Waals surface area contributed by atoms with Crippen LogP contribution < -0.4 is 9.46 Å². The zero-order valence-corrected chi connectivity index (χ0v) is 28.2. The van der Waals surface area contributed by atoms with Gasteiger partial charge in [0.15, 0.2) is 0 Å². The van der Waals surface area contributed by atoms with Crippen LogP contribution in [0.15, 0.2) is 94.7 Å².